The van der Waals surface area contributed by atoms with Crippen LogP contribution in [0.5, 0.6) is 5.75 Å². The first kappa shape index (κ1) is 19.7. The summed E-state index contributed by atoms with van der Waals surface area (Å²) < 4.78 is 11.3. The summed E-state index contributed by atoms with van der Waals surface area (Å²) in [5.41, 5.74) is 8.08. The molecule has 2 N–H and O–H groups in total. The lowest BCUT2D eigenvalue weighted by Gasteiger charge is -2.30. The molecule has 0 unspecified atom stereocenters. The number of benzene rings is 1. The minimum atomic E-state index is 0.301. The van der Waals surface area contributed by atoms with Crippen molar-refractivity contribution in [1.82, 2.24) is 10.1 Å². The van der Waals surface area contributed by atoms with E-state index in [0.29, 0.717) is 18.5 Å². The number of ether oxygens (including phenoxy) is 1. The topological polar surface area (TPSA) is 77.4 Å². The molecule has 6 heteroatoms. The Balaban J connectivity index is 1.36. The van der Waals surface area contributed by atoms with Crippen molar-refractivity contribution in [2.75, 3.05) is 24.6 Å². The summed E-state index contributed by atoms with van der Waals surface area (Å²) in [6.45, 7) is 9.57. The second kappa shape index (κ2) is 9.22. The third kappa shape index (κ3) is 5.22. The van der Waals surface area contributed by atoms with Gasteiger partial charge in [0, 0.05) is 25.6 Å². The zero-order chi connectivity index (χ0) is 19.2. The summed E-state index contributed by atoms with van der Waals surface area (Å²) in [4.78, 5) is 6.72. The van der Waals surface area contributed by atoms with Gasteiger partial charge in [-0.1, -0.05) is 25.1 Å². The smallest absolute Gasteiger partial charge is 0.324 e. The fourth-order valence-corrected chi connectivity index (χ4v) is 3.55. The summed E-state index contributed by atoms with van der Waals surface area (Å²) in [5.74, 6) is 2.78. The van der Waals surface area contributed by atoms with Crippen molar-refractivity contribution in [2.45, 2.75) is 58.9 Å². The van der Waals surface area contributed by atoms with Gasteiger partial charge in [0.2, 0.25) is 0 Å². The summed E-state index contributed by atoms with van der Waals surface area (Å²) in [7, 11) is 0. The van der Waals surface area contributed by atoms with E-state index in [2.05, 4.69) is 47.9 Å². The lowest BCUT2D eigenvalue weighted by atomic mass is 9.92. The Kier molecular flexibility index (Phi) is 6.72. The summed E-state index contributed by atoms with van der Waals surface area (Å²) >= 11 is 0. The minimum Gasteiger partial charge on any atom is -0.494 e. The van der Waals surface area contributed by atoms with Crippen LogP contribution in [0.3, 0.4) is 0 Å². The first-order valence-corrected chi connectivity index (χ1v) is 10.1. The van der Waals surface area contributed by atoms with E-state index in [1.165, 1.54) is 30.4 Å². The average molecular weight is 373 g/mol. The van der Waals surface area contributed by atoms with Crippen LogP contribution in [0.25, 0.3) is 0 Å². The van der Waals surface area contributed by atoms with Crippen molar-refractivity contribution < 1.29 is 9.26 Å². The molecule has 0 spiro atoms. The van der Waals surface area contributed by atoms with Crippen LogP contribution in [0.4, 0.5) is 6.01 Å². The lowest BCUT2D eigenvalue weighted by molar-refractivity contribution is 0.276. The monoisotopic (exact) mass is 372 g/mol. The third-order valence-corrected chi connectivity index (χ3v) is 5.39. The van der Waals surface area contributed by atoms with E-state index in [9.17, 15) is 0 Å². The van der Waals surface area contributed by atoms with Gasteiger partial charge in [0.25, 0.3) is 0 Å². The minimum absolute atomic E-state index is 0.301. The zero-order valence-corrected chi connectivity index (χ0v) is 16.8. The van der Waals surface area contributed by atoms with Crippen molar-refractivity contribution in [1.29, 1.82) is 0 Å². The molecule has 1 fully saturated rings. The predicted octanol–water partition coefficient (Wildman–Crippen LogP) is 4.04. The molecule has 2 heterocycles. The maximum Gasteiger partial charge on any atom is 0.324 e. The molecule has 27 heavy (non-hydrogen) atoms. The molecule has 1 saturated heterocycles. The number of aryl methyl sites for hydroxylation is 1. The Morgan fingerprint density at radius 3 is 2.70 bits per heavy atom. The van der Waals surface area contributed by atoms with Crippen LogP contribution >= 0.6 is 0 Å². The third-order valence-electron chi connectivity index (χ3n) is 5.39. The van der Waals surface area contributed by atoms with E-state index in [0.717, 1.165) is 43.6 Å². The van der Waals surface area contributed by atoms with Gasteiger partial charge < -0.3 is 19.9 Å². The molecular weight excluding hydrogens is 340 g/mol. The molecule has 0 saturated carbocycles. The first-order chi connectivity index (χ1) is 13.1. The quantitative estimate of drug-likeness (QED) is 0.705. The molecule has 1 aliphatic heterocycles. The van der Waals surface area contributed by atoms with Crippen molar-refractivity contribution in [3.8, 4) is 5.75 Å². The molecule has 1 aliphatic rings. The molecule has 148 valence electrons. The highest BCUT2D eigenvalue weighted by atomic mass is 16.5. The summed E-state index contributed by atoms with van der Waals surface area (Å²) in [6.07, 6.45) is 4.63. The maximum atomic E-state index is 5.91. The molecule has 1 aromatic heterocycles. The fourth-order valence-electron chi connectivity index (χ4n) is 3.55. The van der Waals surface area contributed by atoms with E-state index in [-0.39, 0.29) is 0 Å². The maximum absolute atomic E-state index is 5.91. The molecular formula is C21H32N4O2. The van der Waals surface area contributed by atoms with Crippen LogP contribution in [-0.4, -0.2) is 29.8 Å². The molecule has 6 nitrogen and oxygen atoms in total. The molecule has 0 atom stereocenters. The van der Waals surface area contributed by atoms with Crippen LogP contribution in [0.2, 0.25) is 0 Å². The van der Waals surface area contributed by atoms with Crippen molar-refractivity contribution in [3.05, 3.63) is 35.2 Å². The Labute approximate surface area is 162 Å². The van der Waals surface area contributed by atoms with E-state index in [4.69, 9.17) is 15.0 Å². The van der Waals surface area contributed by atoms with Gasteiger partial charge in [-0.2, -0.15) is 4.98 Å². The molecule has 0 aliphatic carbocycles. The lowest BCUT2D eigenvalue weighted by Crippen LogP contribution is -2.34. The molecule has 2 aromatic rings. The second-order valence-corrected chi connectivity index (χ2v) is 7.80. The Bertz CT molecular complexity index is 721. The van der Waals surface area contributed by atoms with Gasteiger partial charge >= 0.3 is 6.01 Å². The van der Waals surface area contributed by atoms with E-state index < -0.39 is 0 Å². The molecule has 0 bridgehead atoms. The Morgan fingerprint density at radius 2 is 2.07 bits per heavy atom. The Hall–Kier alpha value is -2.08. The Morgan fingerprint density at radius 1 is 1.30 bits per heavy atom. The zero-order valence-electron chi connectivity index (χ0n) is 16.8. The molecule has 0 radical (unpaired) electrons. The van der Waals surface area contributed by atoms with Crippen LogP contribution in [0, 0.1) is 12.8 Å². The van der Waals surface area contributed by atoms with Gasteiger partial charge in [0.1, 0.15) is 5.75 Å². The van der Waals surface area contributed by atoms with Crippen LogP contribution in [-0.2, 0) is 6.54 Å². The summed E-state index contributed by atoms with van der Waals surface area (Å²) in [6, 6.07) is 6.83. The van der Waals surface area contributed by atoms with Crippen molar-refractivity contribution in [2.24, 2.45) is 11.7 Å². The van der Waals surface area contributed by atoms with Crippen LogP contribution in [0.15, 0.2) is 22.7 Å². The van der Waals surface area contributed by atoms with E-state index in [1.54, 1.807) is 0 Å². The van der Waals surface area contributed by atoms with Gasteiger partial charge in [-0.3, -0.25) is 0 Å². The number of piperidine rings is 1. The highest BCUT2D eigenvalue weighted by Gasteiger charge is 2.23. The highest BCUT2D eigenvalue weighted by molar-refractivity contribution is 5.34. The molecule has 1 aromatic carbocycles. The van der Waals surface area contributed by atoms with Gasteiger partial charge in [0.05, 0.1) is 6.61 Å². The molecule has 3 rings (SSSR count). The van der Waals surface area contributed by atoms with E-state index in [1.807, 2.05) is 6.07 Å². The number of rotatable bonds is 8. The van der Waals surface area contributed by atoms with Gasteiger partial charge in [-0.15, -0.1) is 0 Å². The van der Waals surface area contributed by atoms with E-state index >= 15 is 0 Å². The molecule has 0 amide bonds. The van der Waals surface area contributed by atoms with Gasteiger partial charge in [-0.25, -0.2) is 0 Å². The number of hydrogen-bond acceptors (Lipinski definition) is 6. The van der Waals surface area contributed by atoms with Gasteiger partial charge in [0.15, 0.2) is 5.82 Å². The highest BCUT2D eigenvalue weighted by Crippen LogP contribution is 2.26. The number of anilines is 1. The first-order valence-electron chi connectivity index (χ1n) is 10.1. The summed E-state index contributed by atoms with van der Waals surface area (Å²) in [5, 5.41) is 4.07. The number of aromatic nitrogens is 2. The largest absolute Gasteiger partial charge is 0.494 e. The van der Waals surface area contributed by atoms with Gasteiger partial charge in [-0.05, 0) is 61.8 Å². The average Bonchev–Trinajstić information content (AvgIpc) is 3.16. The van der Waals surface area contributed by atoms with Crippen LogP contribution < -0.4 is 15.4 Å². The van der Waals surface area contributed by atoms with Crippen molar-refractivity contribution in [3.63, 3.8) is 0 Å². The standard InChI is InChI=1S/C21H32N4O2/c1-15(2)20-23-21(27-24-20)25-10-8-17(9-11-25)5-4-12-26-19-7-6-18(14-22)16(3)13-19/h6-7,13,15,17H,4-5,8-12,14,22H2,1-3H3. The van der Waals surface area contributed by atoms with Crippen LogP contribution in [0.1, 0.15) is 62.4 Å². The normalized spacial score (nSPS) is 15.5. The number of hydrogen-bond donors (Lipinski definition) is 1. The SMILES string of the molecule is Cc1cc(OCCCC2CCN(c3nc(C(C)C)no3)CC2)ccc1CN. The number of nitrogens with zero attached hydrogens (tertiary/aromatic N) is 3. The number of nitrogens with two attached hydrogens (primary N) is 1. The fraction of sp³-hybridized carbons (Fsp3) is 0.619. The predicted molar refractivity (Wildman–Crippen MR) is 107 cm³/mol. The second-order valence-electron chi connectivity index (χ2n) is 7.80. The van der Waals surface area contributed by atoms with Crippen molar-refractivity contribution >= 4 is 6.01 Å².